The SMILES string of the molecule is COc1ccccc1-c1nnc(SC(C)C(=O)Nc2ccccc2)n1-c1ccc(Cl)cc1. The molecule has 0 fully saturated rings. The first-order valence-electron chi connectivity index (χ1n) is 9.94. The van der Waals surface area contributed by atoms with Gasteiger partial charge in [-0.15, -0.1) is 10.2 Å². The van der Waals surface area contributed by atoms with Crippen molar-refractivity contribution in [1.82, 2.24) is 14.8 Å². The second-order valence-corrected chi connectivity index (χ2v) is 8.68. The number of carbonyl (C=O) groups excluding carboxylic acids is 1. The molecule has 0 bridgehead atoms. The highest BCUT2D eigenvalue weighted by Crippen LogP contribution is 2.34. The third-order valence-electron chi connectivity index (χ3n) is 4.76. The molecule has 1 atom stereocenters. The van der Waals surface area contributed by atoms with Crippen molar-refractivity contribution in [3.63, 3.8) is 0 Å². The van der Waals surface area contributed by atoms with Crippen molar-refractivity contribution in [3.8, 4) is 22.8 Å². The van der Waals surface area contributed by atoms with Crippen LogP contribution < -0.4 is 10.1 Å². The van der Waals surface area contributed by atoms with Gasteiger partial charge < -0.3 is 10.1 Å². The van der Waals surface area contributed by atoms with Gasteiger partial charge in [0.1, 0.15) is 5.75 Å². The lowest BCUT2D eigenvalue weighted by molar-refractivity contribution is -0.115. The van der Waals surface area contributed by atoms with Gasteiger partial charge in [0.25, 0.3) is 0 Å². The van der Waals surface area contributed by atoms with E-state index in [4.69, 9.17) is 16.3 Å². The number of nitrogens with zero attached hydrogens (tertiary/aromatic N) is 3. The number of ether oxygens (including phenoxy) is 1. The first-order valence-corrected chi connectivity index (χ1v) is 11.2. The fourth-order valence-electron chi connectivity index (χ4n) is 3.15. The zero-order chi connectivity index (χ0) is 22.5. The number of nitrogens with one attached hydrogen (secondary N) is 1. The second-order valence-electron chi connectivity index (χ2n) is 6.93. The number of amides is 1. The predicted octanol–water partition coefficient (Wildman–Crippen LogP) is 5.72. The van der Waals surface area contributed by atoms with Gasteiger partial charge in [-0.2, -0.15) is 0 Å². The molecule has 0 radical (unpaired) electrons. The molecule has 1 unspecified atom stereocenters. The molecule has 1 heterocycles. The van der Waals surface area contributed by atoms with Crippen LogP contribution in [0.15, 0.2) is 84.0 Å². The normalized spacial score (nSPS) is 11.7. The van der Waals surface area contributed by atoms with E-state index in [9.17, 15) is 4.79 Å². The zero-order valence-electron chi connectivity index (χ0n) is 17.5. The maximum atomic E-state index is 12.8. The van der Waals surface area contributed by atoms with E-state index in [1.54, 1.807) is 7.11 Å². The minimum absolute atomic E-state index is 0.120. The quantitative estimate of drug-likeness (QED) is 0.354. The van der Waals surface area contributed by atoms with E-state index in [0.717, 1.165) is 16.9 Å². The summed E-state index contributed by atoms with van der Waals surface area (Å²) in [6, 6.07) is 24.4. The lowest BCUT2D eigenvalue weighted by Crippen LogP contribution is -2.22. The van der Waals surface area contributed by atoms with Crippen LogP contribution in [-0.4, -0.2) is 33.0 Å². The van der Waals surface area contributed by atoms with Crippen molar-refractivity contribution in [1.29, 1.82) is 0 Å². The Balaban J connectivity index is 1.70. The highest BCUT2D eigenvalue weighted by atomic mass is 35.5. The zero-order valence-corrected chi connectivity index (χ0v) is 19.1. The fraction of sp³-hybridized carbons (Fsp3) is 0.125. The first-order chi connectivity index (χ1) is 15.6. The number of hydrogen-bond donors (Lipinski definition) is 1. The summed E-state index contributed by atoms with van der Waals surface area (Å²) in [5.74, 6) is 1.18. The molecule has 1 aromatic heterocycles. The highest BCUT2D eigenvalue weighted by molar-refractivity contribution is 8.00. The maximum Gasteiger partial charge on any atom is 0.237 e. The molecule has 8 heteroatoms. The number of methoxy groups -OCH3 is 1. The highest BCUT2D eigenvalue weighted by Gasteiger charge is 2.23. The van der Waals surface area contributed by atoms with E-state index >= 15 is 0 Å². The van der Waals surface area contributed by atoms with Crippen LogP contribution in [0.5, 0.6) is 5.75 Å². The third-order valence-corrected chi connectivity index (χ3v) is 6.05. The van der Waals surface area contributed by atoms with Gasteiger partial charge in [-0.1, -0.05) is 53.7 Å². The van der Waals surface area contributed by atoms with E-state index in [1.165, 1.54) is 11.8 Å². The van der Waals surface area contributed by atoms with Crippen molar-refractivity contribution in [2.45, 2.75) is 17.3 Å². The second kappa shape index (κ2) is 9.89. The van der Waals surface area contributed by atoms with Gasteiger partial charge in [-0.25, -0.2) is 0 Å². The average molecular weight is 465 g/mol. The molecular weight excluding hydrogens is 444 g/mol. The molecule has 0 spiro atoms. The Bertz CT molecular complexity index is 1210. The Kier molecular flexibility index (Phi) is 6.78. The monoisotopic (exact) mass is 464 g/mol. The van der Waals surface area contributed by atoms with Gasteiger partial charge in [0.15, 0.2) is 11.0 Å². The lowest BCUT2D eigenvalue weighted by atomic mass is 10.2. The maximum absolute atomic E-state index is 12.8. The summed E-state index contributed by atoms with van der Waals surface area (Å²) in [6.07, 6.45) is 0. The molecule has 0 aliphatic carbocycles. The van der Waals surface area contributed by atoms with E-state index in [2.05, 4.69) is 15.5 Å². The number of halogens is 1. The van der Waals surface area contributed by atoms with E-state index in [-0.39, 0.29) is 5.91 Å². The molecule has 4 aromatic rings. The molecule has 0 saturated heterocycles. The Morgan fingerprint density at radius 1 is 1.00 bits per heavy atom. The van der Waals surface area contributed by atoms with Crippen molar-refractivity contribution in [2.75, 3.05) is 12.4 Å². The van der Waals surface area contributed by atoms with Crippen LogP contribution in [0.2, 0.25) is 5.02 Å². The number of aromatic nitrogens is 3. The summed E-state index contributed by atoms with van der Waals surface area (Å²) in [7, 11) is 1.62. The lowest BCUT2D eigenvalue weighted by Gasteiger charge is -2.15. The van der Waals surface area contributed by atoms with Crippen LogP contribution in [0.1, 0.15) is 6.92 Å². The Hall–Kier alpha value is -3.29. The minimum Gasteiger partial charge on any atom is -0.496 e. The smallest absolute Gasteiger partial charge is 0.237 e. The van der Waals surface area contributed by atoms with Crippen LogP contribution in [0.4, 0.5) is 5.69 Å². The molecule has 1 amide bonds. The van der Waals surface area contributed by atoms with Gasteiger partial charge in [0, 0.05) is 16.4 Å². The number of carbonyl (C=O) groups is 1. The molecule has 0 aliphatic rings. The minimum atomic E-state index is -0.407. The molecule has 162 valence electrons. The Morgan fingerprint density at radius 3 is 2.41 bits per heavy atom. The molecule has 0 aliphatic heterocycles. The van der Waals surface area contributed by atoms with Crippen LogP contribution in [0.3, 0.4) is 0 Å². The number of hydrogen-bond acceptors (Lipinski definition) is 5. The third kappa shape index (κ3) is 4.79. The summed E-state index contributed by atoms with van der Waals surface area (Å²) < 4.78 is 7.44. The van der Waals surface area contributed by atoms with Gasteiger partial charge in [0.2, 0.25) is 5.91 Å². The standard InChI is InChI=1S/C24H21ClN4O2S/c1-16(23(30)26-18-8-4-3-5-9-18)32-24-28-27-22(20-10-6-7-11-21(20)31-2)29(24)19-14-12-17(25)13-15-19/h3-16H,1-2H3,(H,26,30). The Labute approximate surface area is 195 Å². The van der Waals surface area contributed by atoms with Gasteiger partial charge >= 0.3 is 0 Å². The topological polar surface area (TPSA) is 69.0 Å². The summed E-state index contributed by atoms with van der Waals surface area (Å²) in [6.45, 7) is 1.84. The molecule has 3 aromatic carbocycles. The molecular formula is C24H21ClN4O2S. The molecule has 1 N–H and O–H groups in total. The summed E-state index contributed by atoms with van der Waals surface area (Å²) in [4.78, 5) is 12.8. The molecule has 0 saturated carbocycles. The molecule has 6 nitrogen and oxygen atoms in total. The van der Waals surface area contributed by atoms with Gasteiger partial charge in [-0.05, 0) is 55.5 Å². The summed E-state index contributed by atoms with van der Waals surface area (Å²) in [5.41, 5.74) is 2.38. The number of benzene rings is 3. The van der Waals surface area contributed by atoms with Crippen molar-refractivity contribution in [3.05, 3.63) is 83.9 Å². The first kappa shape index (κ1) is 21.9. The number of thioether (sulfide) groups is 1. The van der Waals surface area contributed by atoms with Crippen molar-refractivity contribution < 1.29 is 9.53 Å². The van der Waals surface area contributed by atoms with Crippen LogP contribution >= 0.6 is 23.4 Å². The van der Waals surface area contributed by atoms with Crippen molar-refractivity contribution >= 4 is 35.0 Å². The van der Waals surface area contributed by atoms with Crippen LogP contribution in [0, 0.1) is 0 Å². The van der Waals surface area contributed by atoms with E-state index in [0.29, 0.717) is 21.8 Å². The molecule has 4 rings (SSSR count). The number of anilines is 1. The average Bonchev–Trinajstić information content (AvgIpc) is 3.23. The van der Waals surface area contributed by atoms with Gasteiger partial charge in [0.05, 0.1) is 17.9 Å². The summed E-state index contributed by atoms with van der Waals surface area (Å²) in [5, 5.41) is 12.6. The number of para-hydroxylation sites is 2. The van der Waals surface area contributed by atoms with E-state index < -0.39 is 5.25 Å². The number of rotatable bonds is 7. The van der Waals surface area contributed by atoms with Gasteiger partial charge in [-0.3, -0.25) is 9.36 Å². The molecule has 32 heavy (non-hydrogen) atoms. The van der Waals surface area contributed by atoms with Crippen molar-refractivity contribution in [2.24, 2.45) is 0 Å². The Morgan fingerprint density at radius 2 is 1.69 bits per heavy atom. The van der Waals surface area contributed by atoms with Crippen LogP contribution in [-0.2, 0) is 4.79 Å². The predicted molar refractivity (Wildman–Crippen MR) is 129 cm³/mol. The van der Waals surface area contributed by atoms with Crippen LogP contribution in [0.25, 0.3) is 17.1 Å². The largest absolute Gasteiger partial charge is 0.496 e. The summed E-state index contributed by atoms with van der Waals surface area (Å²) >= 11 is 7.43. The fourth-order valence-corrected chi connectivity index (χ4v) is 4.14. The van der Waals surface area contributed by atoms with E-state index in [1.807, 2.05) is 90.4 Å².